The highest BCUT2D eigenvalue weighted by atomic mass is 35.5. The first-order chi connectivity index (χ1) is 7.54. The number of rotatable bonds is 4. The minimum Gasteiger partial charge on any atom is -0.504 e. The number of carbonyl (C=O) groups is 1. The molecule has 1 aromatic rings. The van der Waals surface area contributed by atoms with Crippen LogP contribution in [0.25, 0.3) is 0 Å². The van der Waals surface area contributed by atoms with Gasteiger partial charge >= 0.3 is 5.97 Å². The van der Waals surface area contributed by atoms with Crippen LogP contribution < -0.4 is 5.73 Å². The van der Waals surface area contributed by atoms with E-state index in [9.17, 15) is 9.90 Å². The highest BCUT2D eigenvalue weighted by Crippen LogP contribution is 2.31. The molecule has 0 unspecified atom stereocenters. The molecule has 0 spiro atoms. The van der Waals surface area contributed by atoms with Gasteiger partial charge in [0, 0.05) is 6.42 Å². The summed E-state index contributed by atoms with van der Waals surface area (Å²) in [5.74, 6) is -0.383. The summed E-state index contributed by atoms with van der Waals surface area (Å²) in [6.45, 7) is 2.13. The summed E-state index contributed by atoms with van der Waals surface area (Å²) < 4.78 is 4.80. The van der Waals surface area contributed by atoms with E-state index in [1.54, 1.807) is 19.1 Å². The number of aryl methyl sites for hydroxylation is 1. The maximum absolute atomic E-state index is 11.1. The molecule has 0 heterocycles. The lowest BCUT2D eigenvalue weighted by Crippen LogP contribution is -2.05. The number of hydrogen-bond acceptors (Lipinski definition) is 4. The van der Waals surface area contributed by atoms with E-state index >= 15 is 0 Å². The van der Waals surface area contributed by atoms with Crippen molar-refractivity contribution in [1.29, 1.82) is 0 Å². The lowest BCUT2D eigenvalue weighted by molar-refractivity contribution is -0.143. The predicted molar refractivity (Wildman–Crippen MR) is 62.5 cm³/mol. The number of anilines is 1. The van der Waals surface area contributed by atoms with Gasteiger partial charge in [-0.2, -0.15) is 0 Å². The van der Waals surface area contributed by atoms with Crippen LogP contribution in [0.2, 0.25) is 5.02 Å². The van der Waals surface area contributed by atoms with Crippen LogP contribution >= 0.6 is 11.6 Å². The first-order valence-corrected chi connectivity index (χ1v) is 5.35. The molecule has 0 saturated carbocycles. The van der Waals surface area contributed by atoms with Crippen molar-refractivity contribution < 1.29 is 14.6 Å². The van der Waals surface area contributed by atoms with Crippen molar-refractivity contribution in [1.82, 2.24) is 0 Å². The summed E-state index contributed by atoms with van der Waals surface area (Å²) in [4.78, 5) is 11.1. The third-order valence-electron chi connectivity index (χ3n) is 2.08. The van der Waals surface area contributed by atoms with E-state index < -0.39 is 0 Å². The predicted octanol–water partition coefficient (Wildman–Crippen LogP) is 2.12. The van der Waals surface area contributed by atoms with Crippen molar-refractivity contribution in [2.45, 2.75) is 19.8 Å². The van der Waals surface area contributed by atoms with E-state index in [1.165, 1.54) is 0 Å². The lowest BCUT2D eigenvalue weighted by atomic mass is 10.1. The quantitative estimate of drug-likeness (QED) is 0.483. The zero-order chi connectivity index (χ0) is 12.1. The molecule has 0 aromatic heterocycles. The van der Waals surface area contributed by atoms with Gasteiger partial charge in [-0.1, -0.05) is 11.6 Å². The molecule has 3 N–H and O–H groups in total. The maximum Gasteiger partial charge on any atom is 0.306 e. The van der Waals surface area contributed by atoms with Crippen molar-refractivity contribution >= 4 is 23.3 Å². The third-order valence-corrected chi connectivity index (χ3v) is 2.36. The number of nitrogen functional groups attached to an aromatic ring is 1. The highest BCUT2D eigenvalue weighted by Gasteiger charge is 2.08. The molecule has 5 heteroatoms. The average Bonchev–Trinajstić information content (AvgIpc) is 2.23. The zero-order valence-corrected chi connectivity index (χ0v) is 9.75. The highest BCUT2D eigenvalue weighted by molar-refractivity contribution is 6.32. The fourth-order valence-electron chi connectivity index (χ4n) is 1.30. The molecule has 4 nitrogen and oxygen atoms in total. The van der Waals surface area contributed by atoms with Gasteiger partial charge in [0.2, 0.25) is 0 Å². The topological polar surface area (TPSA) is 72.5 Å². The summed E-state index contributed by atoms with van der Waals surface area (Å²) in [6.07, 6.45) is 0.761. The van der Waals surface area contributed by atoms with Crippen LogP contribution in [0.4, 0.5) is 5.69 Å². The Kier molecular flexibility index (Phi) is 4.43. The standard InChI is InChI=1S/C11H14ClNO3/c1-2-16-10(14)4-3-7-5-8(12)11(15)9(13)6-7/h5-6,15H,2-4,13H2,1H3. The van der Waals surface area contributed by atoms with Gasteiger partial charge < -0.3 is 15.6 Å². The Balaban J connectivity index is 2.65. The Hall–Kier alpha value is -1.42. The van der Waals surface area contributed by atoms with Crippen molar-refractivity contribution in [2.75, 3.05) is 12.3 Å². The largest absolute Gasteiger partial charge is 0.504 e. The third kappa shape index (κ3) is 3.31. The minimum absolute atomic E-state index is 0.124. The first-order valence-electron chi connectivity index (χ1n) is 4.97. The normalized spacial score (nSPS) is 10.1. The van der Waals surface area contributed by atoms with Crippen LogP contribution in [0.15, 0.2) is 12.1 Å². The Morgan fingerprint density at radius 1 is 1.56 bits per heavy atom. The van der Waals surface area contributed by atoms with E-state index in [4.69, 9.17) is 22.1 Å². The van der Waals surface area contributed by atoms with Gasteiger partial charge in [0.15, 0.2) is 5.75 Å². The molecule has 0 fully saturated rings. The second kappa shape index (κ2) is 5.61. The van der Waals surface area contributed by atoms with Crippen LogP contribution in [0.5, 0.6) is 5.75 Å². The van der Waals surface area contributed by atoms with E-state index in [0.29, 0.717) is 13.0 Å². The van der Waals surface area contributed by atoms with Gasteiger partial charge in [0.25, 0.3) is 0 Å². The lowest BCUT2D eigenvalue weighted by Gasteiger charge is -2.06. The van der Waals surface area contributed by atoms with Crippen LogP contribution in [-0.2, 0) is 16.0 Å². The van der Waals surface area contributed by atoms with Gasteiger partial charge in [0.1, 0.15) is 0 Å². The molecule has 0 atom stereocenters. The summed E-state index contributed by atoms with van der Waals surface area (Å²) in [5, 5.41) is 9.54. The Bertz CT molecular complexity index is 370. The maximum atomic E-state index is 11.1. The second-order valence-corrected chi connectivity index (χ2v) is 3.73. The second-order valence-electron chi connectivity index (χ2n) is 3.32. The van der Waals surface area contributed by atoms with E-state index in [2.05, 4.69) is 0 Å². The molecular formula is C11H14ClNO3. The number of aromatic hydroxyl groups is 1. The number of esters is 1. The number of phenols is 1. The molecule has 0 aliphatic rings. The summed E-state index contributed by atoms with van der Waals surface area (Å²) in [6, 6.07) is 3.19. The SMILES string of the molecule is CCOC(=O)CCc1cc(N)c(O)c(Cl)c1. The Labute approximate surface area is 99.0 Å². The molecule has 1 aromatic carbocycles. The van der Waals surface area contributed by atoms with Crippen LogP contribution in [0.1, 0.15) is 18.9 Å². The fourth-order valence-corrected chi connectivity index (χ4v) is 1.55. The van der Waals surface area contributed by atoms with Crippen molar-refractivity contribution in [3.8, 4) is 5.75 Å². The summed E-state index contributed by atoms with van der Waals surface area (Å²) in [7, 11) is 0. The van der Waals surface area contributed by atoms with Gasteiger partial charge in [-0.15, -0.1) is 0 Å². The van der Waals surface area contributed by atoms with Crippen molar-refractivity contribution in [3.05, 3.63) is 22.7 Å². The van der Waals surface area contributed by atoms with Crippen LogP contribution in [0, 0.1) is 0 Å². The van der Waals surface area contributed by atoms with E-state index in [-0.39, 0.29) is 28.8 Å². The number of phenolic OH excluding ortho intramolecular Hbond substituents is 1. The molecule has 0 aliphatic heterocycles. The van der Waals surface area contributed by atoms with Crippen molar-refractivity contribution in [3.63, 3.8) is 0 Å². The van der Waals surface area contributed by atoms with Crippen LogP contribution in [0.3, 0.4) is 0 Å². The molecule has 0 saturated heterocycles. The monoisotopic (exact) mass is 243 g/mol. The number of carbonyl (C=O) groups excluding carboxylic acids is 1. The number of hydrogen-bond donors (Lipinski definition) is 2. The van der Waals surface area contributed by atoms with Gasteiger partial charge in [-0.05, 0) is 31.0 Å². The molecule has 88 valence electrons. The Morgan fingerprint density at radius 3 is 2.81 bits per heavy atom. The molecule has 0 bridgehead atoms. The molecule has 0 amide bonds. The van der Waals surface area contributed by atoms with Crippen molar-refractivity contribution in [2.24, 2.45) is 0 Å². The fraction of sp³-hybridized carbons (Fsp3) is 0.364. The number of nitrogens with two attached hydrogens (primary N) is 1. The number of ether oxygens (including phenoxy) is 1. The van der Waals surface area contributed by atoms with Gasteiger partial charge in [-0.25, -0.2) is 0 Å². The smallest absolute Gasteiger partial charge is 0.306 e. The molecule has 0 aliphatic carbocycles. The molecular weight excluding hydrogens is 230 g/mol. The Morgan fingerprint density at radius 2 is 2.25 bits per heavy atom. The van der Waals surface area contributed by atoms with Crippen LogP contribution in [-0.4, -0.2) is 17.7 Å². The van der Waals surface area contributed by atoms with Gasteiger partial charge in [-0.3, -0.25) is 4.79 Å². The number of halogens is 1. The van der Waals surface area contributed by atoms with E-state index in [0.717, 1.165) is 5.56 Å². The molecule has 1 rings (SSSR count). The first kappa shape index (κ1) is 12.6. The zero-order valence-electron chi connectivity index (χ0n) is 9.00. The minimum atomic E-state index is -0.259. The average molecular weight is 244 g/mol. The molecule has 16 heavy (non-hydrogen) atoms. The van der Waals surface area contributed by atoms with Gasteiger partial charge in [0.05, 0.1) is 17.3 Å². The van der Waals surface area contributed by atoms with E-state index in [1.807, 2.05) is 0 Å². The number of benzene rings is 1. The molecule has 0 radical (unpaired) electrons. The summed E-state index contributed by atoms with van der Waals surface area (Å²) in [5.41, 5.74) is 6.55. The summed E-state index contributed by atoms with van der Waals surface area (Å²) >= 11 is 5.75.